The van der Waals surface area contributed by atoms with Crippen molar-refractivity contribution >= 4 is 0 Å². The molecule has 1 aliphatic carbocycles. The standard InChI is InChI=1S/C14H20N4O2/c1-4-11(13-8(2)17-19-9(13)3)15-7-12-16-14(20-18-12)10-5-6-10/h10-11,15H,4-7H2,1-3H3. The van der Waals surface area contributed by atoms with Gasteiger partial charge >= 0.3 is 0 Å². The van der Waals surface area contributed by atoms with E-state index < -0.39 is 0 Å². The second-order valence-electron chi connectivity index (χ2n) is 5.40. The average molecular weight is 276 g/mol. The summed E-state index contributed by atoms with van der Waals surface area (Å²) in [7, 11) is 0. The summed E-state index contributed by atoms with van der Waals surface area (Å²) in [4.78, 5) is 4.43. The van der Waals surface area contributed by atoms with Crippen molar-refractivity contribution in [3.63, 3.8) is 0 Å². The van der Waals surface area contributed by atoms with Crippen molar-refractivity contribution < 1.29 is 9.05 Å². The highest BCUT2D eigenvalue weighted by Crippen LogP contribution is 2.38. The van der Waals surface area contributed by atoms with Crippen molar-refractivity contribution in [1.29, 1.82) is 0 Å². The van der Waals surface area contributed by atoms with Crippen LogP contribution >= 0.6 is 0 Å². The Hall–Kier alpha value is -1.69. The minimum Gasteiger partial charge on any atom is -0.361 e. The van der Waals surface area contributed by atoms with Gasteiger partial charge in [0.25, 0.3) is 0 Å². The summed E-state index contributed by atoms with van der Waals surface area (Å²) in [6.07, 6.45) is 3.30. The smallest absolute Gasteiger partial charge is 0.229 e. The van der Waals surface area contributed by atoms with E-state index in [1.807, 2.05) is 13.8 Å². The van der Waals surface area contributed by atoms with Crippen LogP contribution in [0.2, 0.25) is 0 Å². The van der Waals surface area contributed by atoms with E-state index >= 15 is 0 Å². The number of rotatable bonds is 6. The van der Waals surface area contributed by atoms with E-state index in [9.17, 15) is 0 Å². The molecule has 1 unspecified atom stereocenters. The van der Waals surface area contributed by atoms with Crippen molar-refractivity contribution in [3.8, 4) is 0 Å². The maximum absolute atomic E-state index is 5.26. The lowest BCUT2D eigenvalue weighted by Crippen LogP contribution is -2.22. The molecule has 2 heterocycles. The Morgan fingerprint density at radius 2 is 2.05 bits per heavy atom. The van der Waals surface area contributed by atoms with E-state index in [1.54, 1.807) is 0 Å². The quantitative estimate of drug-likeness (QED) is 0.874. The molecule has 6 nitrogen and oxygen atoms in total. The normalized spacial score (nSPS) is 16.6. The van der Waals surface area contributed by atoms with E-state index in [4.69, 9.17) is 9.05 Å². The third-order valence-corrected chi connectivity index (χ3v) is 3.76. The first kappa shape index (κ1) is 13.3. The Bertz CT molecular complexity index is 566. The molecule has 0 radical (unpaired) electrons. The summed E-state index contributed by atoms with van der Waals surface area (Å²) in [5, 5.41) is 11.5. The van der Waals surface area contributed by atoms with Crippen LogP contribution in [0.1, 0.15) is 66.9 Å². The Morgan fingerprint density at radius 1 is 1.25 bits per heavy atom. The van der Waals surface area contributed by atoms with E-state index in [1.165, 1.54) is 12.8 Å². The van der Waals surface area contributed by atoms with Crippen molar-refractivity contribution in [2.24, 2.45) is 0 Å². The predicted molar refractivity (Wildman–Crippen MR) is 72.1 cm³/mol. The Balaban J connectivity index is 1.65. The van der Waals surface area contributed by atoms with E-state index in [-0.39, 0.29) is 6.04 Å². The largest absolute Gasteiger partial charge is 0.361 e. The molecule has 1 N–H and O–H groups in total. The lowest BCUT2D eigenvalue weighted by molar-refractivity contribution is 0.370. The van der Waals surface area contributed by atoms with Crippen LogP contribution < -0.4 is 5.32 Å². The molecule has 1 aliphatic rings. The number of nitrogens with one attached hydrogen (secondary N) is 1. The van der Waals surface area contributed by atoms with Crippen LogP contribution in [-0.2, 0) is 6.54 Å². The van der Waals surface area contributed by atoms with Gasteiger partial charge in [-0.15, -0.1) is 0 Å². The molecule has 0 aliphatic heterocycles. The maximum Gasteiger partial charge on any atom is 0.229 e. The van der Waals surface area contributed by atoms with Gasteiger partial charge < -0.3 is 14.4 Å². The molecule has 0 bridgehead atoms. The van der Waals surface area contributed by atoms with Gasteiger partial charge in [0, 0.05) is 17.5 Å². The first-order valence-corrected chi connectivity index (χ1v) is 7.17. The molecule has 108 valence electrons. The van der Waals surface area contributed by atoms with Crippen molar-refractivity contribution in [2.75, 3.05) is 0 Å². The fraction of sp³-hybridized carbons (Fsp3) is 0.643. The molecule has 6 heteroatoms. The molecule has 1 fully saturated rings. The monoisotopic (exact) mass is 276 g/mol. The van der Waals surface area contributed by atoms with E-state index in [0.717, 1.165) is 35.2 Å². The second kappa shape index (κ2) is 5.36. The van der Waals surface area contributed by atoms with Crippen molar-refractivity contribution in [2.45, 2.75) is 58.5 Å². The summed E-state index contributed by atoms with van der Waals surface area (Å²) in [5.74, 6) is 2.87. The molecule has 1 atom stereocenters. The summed E-state index contributed by atoms with van der Waals surface area (Å²) >= 11 is 0. The molecular formula is C14H20N4O2. The molecule has 0 spiro atoms. The zero-order valence-corrected chi connectivity index (χ0v) is 12.1. The molecule has 1 saturated carbocycles. The number of hydrogen-bond acceptors (Lipinski definition) is 6. The SMILES string of the molecule is CCC(NCc1noc(C2CC2)n1)c1c(C)noc1C. The molecule has 0 amide bonds. The molecule has 0 saturated heterocycles. The van der Waals surface area contributed by atoms with Gasteiger partial charge in [-0.25, -0.2) is 0 Å². The second-order valence-corrected chi connectivity index (χ2v) is 5.40. The van der Waals surface area contributed by atoms with Crippen LogP contribution in [0.15, 0.2) is 9.05 Å². The number of aromatic nitrogens is 3. The van der Waals surface area contributed by atoms with Gasteiger partial charge in [-0.3, -0.25) is 0 Å². The van der Waals surface area contributed by atoms with Crippen LogP contribution in [0.25, 0.3) is 0 Å². The summed E-state index contributed by atoms with van der Waals surface area (Å²) in [6, 6.07) is 0.198. The molecule has 0 aromatic carbocycles. The third-order valence-electron chi connectivity index (χ3n) is 3.76. The van der Waals surface area contributed by atoms with Gasteiger partial charge in [0.05, 0.1) is 12.2 Å². The maximum atomic E-state index is 5.26. The topological polar surface area (TPSA) is 77.0 Å². The fourth-order valence-electron chi connectivity index (χ4n) is 2.49. The predicted octanol–water partition coefficient (Wildman–Crippen LogP) is 2.79. The van der Waals surface area contributed by atoms with Crippen LogP contribution in [-0.4, -0.2) is 15.3 Å². The Kier molecular flexibility index (Phi) is 3.56. The zero-order valence-electron chi connectivity index (χ0n) is 12.1. The lowest BCUT2D eigenvalue weighted by Gasteiger charge is -2.15. The van der Waals surface area contributed by atoms with Crippen molar-refractivity contribution in [3.05, 3.63) is 28.7 Å². The minimum atomic E-state index is 0.198. The summed E-state index contributed by atoms with van der Waals surface area (Å²) < 4.78 is 10.5. The molecule has 2 aromatic rings. The highest BCUT2D eigenvalue weighted by Gasteiger charge is 2.29. The third kappa shape index (κ3) is 2.60. The van der Waals surface area contributed by atoms with Gasteiger partial charge in [0.15, 0.2) is 5.82 Å². The first-order chi connectivity index (χ1) is 9.69. The van der Waals surface area contributed by atoms with E-state index in [0.29, 0.717) is 12.5 Å². The van der Waals surface area contributed by atoms with Gasteiger partial charge in [-0.2, -0.15) is 4.98 Å². The van der Waals surface area contributed by atoms with Gasteiger partial charge in [0.1, 0.15) is 5.76 Å². The zero-order chi connectivity index (χ0) is 14.1. The number of nitrogens with zero attached hydrogens (tertiary/aromatic N) is 3. The molecular weight excluding hydrogens is 256 g/mol. The number of hydrogen-bond donors (Lipinski definition) is 1. The van der Waals surface area contributed by atoms with Crippen LogP contribution in [0.4, 0.5) is 0 Å². The summed E-state index contributed by atoms with van der Waals surface area (Å²) in [5.41, 5.74) is 2.08. The highest BCUT2D eigenvalue weighted by atomic mass is 16.5. The number of aryl methyl sites for hydroxylation is 2. The Labute approximate surface area is 117 Å². The van der Waals surface area contributed by atoms with Crippen LogP contribution in [0, 0.1) is 13.8 Å². The lowest BCUT2D eigenvalue weighted by atomic mass is 10.0. The van der Waals surface area contributed by atoms with Crippen molar-refractivity contribution in [1.82, 2.24) is 20.6 Å². The van der Waals surface area contributed by atoms with E-state index in [2.05, 4.69) is 27.5 Å². The molecule has 2 aromatic heterocycles. The average Bonchev–Trinajstić information content (AvgIpc) is 3.11. The highest BCUT2D eigenvalue weighted by molar-refractivity contribution is 5.24. The minimum absolute atomic E-state index is 0.198. The molecule has 20 heavy (non-hydrogen) atoms. The van der Waals surface area contributed by atoms with Crippen LogP contribution in [0.3, 0.4) is 0 Å². The van der Waals surface area contributed by atoms with Gasteiger partial charge in [-0.1, -0.05) is 17.2 Å². The van der Waals surface area contributed by atoms with Gasteiger partial charge in [0.2, 0.25) is 5.89 Å². The fourth-order valence-corrected chi connectivity index (χ4v) is 2.49. The summed E-state index contributed by atoms with van der Waals surface area (Å²) in [6.45, 7) is 6.64. The van der Waals surface area contributed by atoms with Crippen LogP contribution in [0.5, 0.6) is 0 Å². The Morgan fingerprint density at radius 3 is 2.65 bits per heavy atom. The molecule has 3 rings (SSSR count). The first-order valence-electron chi connectivity index (χ1n) is 7.17. The van der Waals surface area contributed by atoms with Gasteiger partial charge in [-0.05, 0) is 33.1 Å².